The van der Waals surface area contributed by atoms with Crippen LogP contribution in [0.5, 0.6) is 5.88 Å². The van der Waals surface area contributed by atoms with E-state index in [0.29, 0.717) is 31.2 Å². The molecule has 1 heterocycles. The van der Waals surface area contributed by atoms with Crippen molar-refractivity contribution in [3.05, 3.63) is 95.2 Å². The maximum absolute atomic E-state index is 12.4. The Bertz CT molecular complexity index is 881. The Balaban J connectivity index is 1.56. The molecule has 3 rings (SSSR count). The van der Waals surface area contributed by atoms with E-state index in [1.54, 1.807) is 19.4 Å². The number of carbonyl (C=O) groups is 1. The molecule has 1 N–H and O–H groups in total. The number of carbonyl (C=O) groups excluding carboxylic acids is 1. The molecule has 0 aliphatic heterocycles. The van der Waals surface area contributed by atoms with Gasteiger partial charge in [0.05, 0.1) is 6.61 Å². The third kappa shape index (κ3) is 5.66. The molecule has 1 amide bonds. The average molecular weight is 362 g/mol. The van der Waals surface area contributed by atoms with Crippen molar-refractivity contribution < 1.29 is 14.3 Å². The summed E-state index contributed by atoms with van der Waals surface area (Å²) in [4.78, 5) is 16.6. The molecule has 1 aromatic heterocycles. The Morgan fingerprint density at radius 3 is 2.56 bits per heavy atom. The van der Waals surface area contributed by atoms with Gasteiger partial charge >= 0.3 is 0 Å². The molecule has 2 aromatic carbocycles. The van der Waals surface area contributed by atoms with Gasteiger partial charge in [-0.2, -0.15) is 0 Å². The van der Waals surface area contributed by atoms with Crippen LogP contribution in [0.3, 0.4) is 0 Å². The number of rotatable bonds is 8. The molecule has 0 fully saturated rings. The first kappa shape index (κ1) is 18.6. The number of nitrogens with zero attached hydrogens (tertiary/aromatic N) is 1. The van der Waals surface area contributed by atoms with Crippen LogP contribution in [0.25, 0.3) is 0 Å². The Hall–Kier alpha value is -3.18. The van der Waals surface area contributed by atoms with E-state index in [-0.39, 0.29) is 5.91 Å². The predicted octanol–water partition coefficient (Wildman–Crippen LogP) is 3.74. The summed E-state index contributed by atoms with van der Waals surface area (Å²) in [6.07, 6.45) is 1.68. The third-order valence-corrected chi connectivity index (χ3v) is 3.98. The second-order valence-corrected chi connectivity index (χ2v) is 6.09. The van der Waals surface area contributed by atoms with E-state index < -0.39 is 0 Å². The van der Waals surface area contributed by atoms with Crippen LogP contribution in [0.4, 0.5) is 0 Å². The molecule has 0 aliphatic carbocycles. The molecule has 0 saturated carbocycles. The summed E-state index contributed by atoms with van der Waals surface area (Å²) in [7, 11) is 1.63. The molecule has 27 heavy (non-hydrogen) atoms. The molecule has 138 valence electrons. The van der Waals surface area contributed by atoms with Gasteiger partial charge in [-0.15, -0.1) is 0 Å². The van der Waals surface area contributed by atoms with E-state index in [1.165, 1.54) is 0 Å². The van der Waals surface area contributed by atoms with Crippen molar-refractivity contribution in [1.29, 1.82) is 0 Å². The first-order valence-corrected chi connectivity index (χ1v) is 8.72. The molecular weight excluding hydrogens is 340 g/mol. The number of aromatic nitrogens is 1. The quantitative estimate of drug-likeness (QED) is 0.663. The Kier molecular flexibility index (Phi) is 6.55. The maximum Gasteiger partial charge on any atom is 0.251 e. The topological polar surface area (TPSA) is 60.5 Å². The molecule has 0 saturated heterocycles. The lowest BCUT2D eigenvalue weighted by molar-refractivity contribution is 0.0950. The number of methoxy groups -OCH3 is 1. The zero-order chi connectivity index (χ0) is 18.9. The molecule has 3 aromatic rings. The van der Waals surface area contributed by atoms with E-state index in [1.807, 2.05) is 60.7 Å². The van der Waals surface area contributed by atoms with Gasteiger partial charge in [0.25, 0.3) is 5.91 Å². The molecule has 5 nitrogen and oxygen atoms in total. The van der Waals surface area contributed by atoms with Crippen LogP contribution in [-0.4, -0.2) is 18.0 Å². The number of benzene rings is 2. The van der Waals surface area contributed by atoms with Crippen LogP contribution in [0.2, 0.25) is 0 Å². The fraction of sp³-hybridized carbons (Fsp3) is 0.182. The van der Waals surface area contributed by atoms with Crippen LogP contribution < -0.4 is 10.1 Å². The highest BCUT2D eigenvalue weighted by molar-refractivity contribution is 5.94. The van der Waals surface area contributed by atoms with Gasteiger partial charge in [0.2, 0.25) is 5.88 Å². The fourth-order valence-corrected chi connectivity index (χ4v) is 2.62. The summed E-state index contributed by atoms with van der Waals surface area (Å²) in [6, 6.07) is 21.0. The van der Waals surface area contributed by atoms with Crippen LogP contribution in [0, 0.1) is 0 Å². The van der Waals surface area contributed by atoms with Crippen molar-refractivity contribution in [2.45, 2.75) is 19.8 Å². The van der Waals surface area contributed by atoms with Gasteiger partial charge in [0, 0.05) is 31.5 Å². The zero-order valence-corrected chi connectivity index (χ0v) is 15.2. The second-order valence-electron chi connectivity index (χ2n) is 6.09. The lowest BCUT2D eigenvalue weighted by atomic mass is 10.1. The van der Waals surface area contributed by atoms with E-state index in [4.69, 9.17) is 9.47 Å². The van der Waals surface area contributed by atoms with Crippen LogP contribution in [-0.2, 0) is 24.5 Å². The number of amides is 1. The fourth-order valence-electron chi connectivity index (χ4n) is 2.62. The number of hydrogen-bond donors (Lipinski definition) is 1. The number of pyridine rings is 1. The monoisotopic (exact) mass is 362 g/mol. The lowest BCUT2D eigenvalue weighted by Crippen LogP contribution is -2.23. The van der Waals surface area contributed by atoms with Crippen LogP contribution >= 0.6 is 0 Å². The summed E-state index contributed by atoms with van der Waals surface area (Å²) in [6.45, 7) is 1.33. The maximum atomic E-state index is 12.4. The summed E-state index contributed by atoms with van der Waals surface area (Å²) < 4.78 is 10.8. The average Bonchev–Trinajstić information content (AvgIpc) is 2.72. The van der Waals surface area contributed by atoms with Crippen molar-refractivity contribution in [1.82, 2.24) is 10.3 Å². The summed E-state index contributed by atoms with van der Waals surface area (Å²) in [5.41, 5.74) is 3.58. The highest BCUT2D eigenvalue weighted by Crippen LogP contribution is 2.12. The van der Waals surface area contributed by atoms with Gasteiger partial charge in [-0.25, -0.2) is 4.98 Å². The van der Waals surface area contributed by atoms with E-state index in [9.17, 15) is 4.79 Å². The number of hydrogen-bond acceptors (Lipinski definition) is 4. The van der Waals surface area contributed by atoms with Crippen LogP contribution in [0.15, 0.2) is 72.9 Å². The largest absolute Gasteiger partial charge is 0.473 e. The van der Waals surface area contributed by atoms with Gasteiger partial charge in [-0.1, -0.05) is 42.5 Å². The van der Waals surface area contributed by atoms with Gasteiger partial charge < -0.3 is 14.8 Å². The van der Waals surface area contributed by atoms with Crippen LogP contribution in [0.1, 0.15) is 27.0 Å². The Morgan fingerprint density at radius 2 is 1.74 bits per heavy atom. The first-order valence-electron chi connectivity index (χ1n) is 8.72. The highest BCUT2D eigenvalue weighted by Gasteiger charge is 2.07. The Labute approximate surface area is 159 Å². The highest BCUT2D eigenvalue weighted by atomic mass is 16.5. The predicted molar refractivity (Wildman–Crippen MR) is 103 cm³/mol. The van der Waals surface area contributed by atoms with Crippen molar-refractivity contribution in [2.24, 2.45) is 0 Å². The smallest absolute Gasteiger partial charge is 0.251 e. The summed E-state index contributed by atoms with van der Waals surface area (Å²) in [5, 5.41) is 2.92. The van der Waals surface area contributed by atoms with Crippen molar-refractivity contribution >= 4 is 5.91 Å². The molecule has 0 unspecified atom stereocenters. The molecular formula is C22H22N2O3. The normalized spacial score (nSPS) is 10.4. The van der Waals surface area contributed by atoms with Crippen molar-refractivity contribution in [3.8, 4) is 5.88 Å². The molecule has 5 heteroatoms. The lowest BCUT2D eigenvalue weighted by Gasteiger charge is -2.09. The van der Waals surface area contributed by atoms with E-state index >= 15 is 0 Å². The van der Waals surface area contributed by atoms with Gasteiger partial charge in [-0.3, -0.25) is 4.79 Å². The van der Waals surface area contributed by atoms with Gasteiger partial charge in [0.15, 0.2) is 0 Å². The summed E-state index contributed by atoms with van der Waals surface area (Å²) in [5.74, 6) is 0.407. The number of nitrogens with one attached hydrogen (secondary N) is 1. The molecule has 0 bridgehead atoms. The first-order chi connectivity index (χ1) is 13.2. The summed E-state index contributed by atoms with van der Waals surface area (Å²) >= 11 is 0. The van der Waals surface area contributed by atoms with E-state index in [0.717, 1.165) is 16.7 Å². The molecule has 0 aliphatic rings. The van der Waals surface area contributed by atoms with E-state index in [2.05, 4.69) is 10.3 Å². The minimum absolute atomic E-state index is 0.128. The standard InChI is InChI=1S/C22H22N2O3/c1-26-15-19-8-5-9-20(12-19)22(25)24-14-18-10-11-23-21(13-18)27-16-17-6-3-2-4-7-17/h2-13H,14-16H2,1H3,(H,24,25). The Morgan fingerprint density at radius 1 is 0.926 bits per heavy atom. The second kappa shape index (κ2) is 9.50. The molecule has 0 spiro atoms. The third-order valence-electron chi connectivity index (χ3n) is 3.98. The van der Waals surface area contributed by atoms with Crippen molar-refractivity contribution in [3.63, 3.8) is 0 Å². The van der Waals surface area contributed by atoms with Gasteiger partial charge in [-0.05, 0) is 34.9 Å². The SMILES string of the molecule is COCc1cccc(C(=O)NCc2ccnc(OCc3ccccc3)c2)c1. The van der Waals surface area contributed by atoms with Gasteiger partial charge in [0.1, 0.15) is 6.61 Å². The minimum Gasteiger partial charge on any atom is -0.473 e. The zero-order valence-electron chi connectivity index (χ0n) is 15.2. The minimum atomic E-state index is -0.128. The number of ether oxygens (including phenoxy) is 2. The molecule has 0 radical (unpaired) electrons. The van der Waals surface area contributed by atoms with Crippen molar-refractivity contribution in [2.75, 3.05) is 7.11 Å². The molecule has 0 atom stereocenters.